The van der Waals surface area contributed by atoms with Crippen LogP contribution in [0.1, 0.15) is 18.4 Å². The van der Waals surface area contributed by atoms with Gasteiger partial charge in [-0.2, -0.15) is 0 Å². The molecule has 118 valence electrons. The molecule has 1 amide bonds. The minimum atomic E-state index is -1.06. The third kappa shape index (κ3) is 2.53. The molecule has 22 heavy (non-hydrogen) atoms. The monoisotopic (exact) mass is 307 g/mol. The van der Waals surface area contributed by atoms with E-state index in [-0.39, 0.29) is 19.1 Å². The zero-order chi connectivity index (χ0) is 15.7. The van der Waals surface area contributed by atoms with Gasteiger partial charge in [-0.15, -0.1) is 0 Å². The van der Waals surface area contributed by atoms with E-state index in [4.69, 9.17) is 9.47 Å². The van der Waals surface area contributed by atoms with E-state index in [1.54, 1.807) is 0 Å². The molecule has 0 radical (unpaired) electrons. The van der Waals surface area contributed by atoms with E-state index in [1.165, 1.54) is 12.0 Å². The van der Waals surface area contributed by atoms with Gasteiger partial charge in [0.1, 0.15) is 18.8 Å². The van der Waals surface area contributed by atoms with Crippen molar-refractivity contribution in [2.24, 2.45) is 5.92 Å². The number of carbonyl (C=O) groups is 2. The highest BCUT2D eigenvalue weighted by Crippen LogP contribution is 2.44. The van der Waals surface area contributed by atoms with Crippen molar-refractivity contribution in [3.63, 3.8) is 0 Å². The third-order valence-corrected chi connectivity index (χ3v) is 4.46. The van der Waals surface area contributed by atoms with Gasteiger partial charge in [0, 0.05) is 12.0 Å². The van der Waals surface area contributed by atoms with Gasteiger partial charge in [-0.1, -0.05) is 30.3 Å². The molecular weight excluding hydrogens is 289 g/mol. The smallest absolute Gasteiger partial charge is 0.411 e. The van der Waals surface area contributed by atoms with E-state index >= 15 is 0 Å². The maximum Gasteiger partial charge on any atom is 0.411 e. The molecule has 1 saturated heterocycles. The number of piperidine rings is 1. The highest BCUT2D eigenvalue weighted by molar-refractivity contribution is 5.83. The summed E-state index contributed by atoms with van der Waals surface area (Å²) in [5.41, 5.74) is 0.859. The summed E-state index contributed by atoms with van der Waals surface area (Å²) in [4.78, 5) is 25.6. The molecule has 0 N–H and O–H groups in total. The summed E-state index contributed by atoms with van der Waals surface area (Å²) in [7, 11) is 1.25. The van der Waals surface area contributed by atoms with Crippen LogP contribution in [0.4, 0.5) is 9.18 Å². The first-order chi connectivity index (χ1) is 10.6. The number of carbonyl (C=O) groups excluding carboxylic acids is 2. The van der Waals surface area contributed by atoms with Crippen LogP contribution in [0.15, 0.2) is 30.3 Å². The molecule has 1 unspecified atom stereocenters. The van der Waals surface area contributed by atoms with Crippen molar-refractivity contribution in [2.75, 3.05) is 7.11 Å². The first kappa shape index (κ1) is 14.8. The summed E-state index contributed by atoms with van der Waals surface area (Å²) >= 11 is 0. The zero-order valence-corrected chi connectivity index (χ0v) is 12.3. The number of rotatable bonds is 3. The maximum atomic E-state index is 13.9. The van der Waals surface area contributed by atoms with Crippen LogP contribution in [0.25, 0.3) is 0 Å². The summed E-state index contributed by atoms with van der Waals surface area (Å²) in [5.74, 6) is -1.06. The second kappa shape index (κ2) is 5.94. The van der Waals surface area contributed by atoms with E-state index in [2.05, 4.69) is 0 Å². The van der Waals surface area contributed by atoms with Crippen LogP contribution >= 0.6 is 0 Å². The quantitative estimate of drug-likeness (QED) is 0.804. The van der Waals surface area contributed by atoms with Gasteiger partial charge >= 0.3 is 12.1 Å². The Hall–Kier alpha value is -2.11. The minimum absolute atomic E-state index is 0.126. The maximum absolute atomic E-state index is 13.9. The molecule has 1 heterocycles. The van der Waals surface area contributed by atoms with Gasteiger partial charge in [0.25, 0.3) is 0 Å². The lowest BCUT2D eigenvalue weighted by Gasteiger charge is -2.33. The number of nitrogens with zero attached hydrogens (tertiary/aromatic N) is 1. The second-order valence-corrected chi connectivity index (χ2v) is 5.72. The molecule has 0 spiro atoms. The van der Waals surface area contributed by atoms with Gasteiger partial charge in [0.15, 0.2) is 0 Å². The van der Waals surface area contributed by atoms with Gasteiger partial charge in [0.05, 0.1) is 7.11 Å². The Bertz CT molecular complexity index is 565. The molecule has 4 atom stereocenters. The fraction of sp³-hybridized carbons (Fsp3) is 0.500. The second-order valence-electron chi connectivity index (χ2n) is 5.72. The summed E-state index contributed by atoms with van der Waals surface area (Å²) in [5, 5.41) is 0. The van der Waals surface area contributed by atoms with Crippen molar-refractivity contribution < 1.29 is 23.5 Å². The Labute approximate surface area is 128 Å². The number of methoxy groups -OCH3 is 1. The first-order valence-electron chi connectivity index (χ1n) is 7.32. The van der Waals surface area contributed by atoms with Crippen LogP contribution in [0.2, 0.25) is 0 Å². The van der Waals surface area contributed by atoms with Gasteiger partial charge < -0.3 is 9.47 Å². The number of halogens is 1. The van der Waals surface area contributed by atoms with E-state index in [1.807, 2.05) is 30.3 Å². The standard InChI is InChI=1S/C16H18FNO4/c1-21-15(19)14-12-7-11(8-13(12)17)18(14)16(20)22-9-10-5-3-2-4-6-10/h2-6,11-14H,7-9H2,1H3/t11-,12-,13?,14+/m1/s1. The number of ether oxygens (including phenoxy) is 2. The number of fused-ring (bicyclic) bond motifs is 2. The molecule has 2 fully saturated rings. The molecular formula is C16H18FNO4. The van der Waals surface area contributed by atoms with Crippen molar-refractivity contribution in [1.82, 2.24) is 4.90 Å². The Balaban J connectivity index is 1.69. The molecule has 1 aliphatic heterocycles. The van der Waals surface area contributed by atoms with Crippen LogP contribution in [-0.4, -0.2) is 42.3 Å². The average Bonchev–Trinajstić information content (AvgIpc) is 3.09. The lowest BCUT2D eigenvalue weighted by Crippen LogP contribution is -2.52. The fourth-order valence-corrected chi connectivity index (χ4v) is 3.45. The highest BCUT2D eigenvalue weighted by atomic mass is 19.1. The topological polar surface area (TPSA) is 55.8 Å². The number of alkyl halides is 1. The molecule has 2 aliphatic rings. The lowest BCUT2D eigenvalue weighted by molar-refractivity contribution is -0.149. The van der Waals surface area contributed by atoms with Crippen molar-refractivity contribution >= 4 is 12.1 Å². The lowest BCUT2D eigenvalue weighted by atomic mass is 9.97. The Morgan fingerprint density at radius 1 is 1.27 bits per heavy atom. The molecule has 1 aromatic rings. The number of likely N-dealkylation sites (tertiary alicyclic amines) is 1. The molecule has 6 heteroatoms. The van der Waals surface area contributed by atoms with Crippen LogP contribution < -0.4 is 0 Å². The van der Waals surface area contributed by atoms with Gasteiger partial charge in [-0.25, -0.2) is 14.0 Å². The Morgan fingerprint density at radius 3 is 2.68 bits per heavy atom. The molecule has 2 bridgehead atoms. The predicted octanol–water partition coefficient (Wildman–Crippen LogP) is 2.30. The van der Waals surface area contributed by atoms with Crippen LogP contribution in [0.3, 0.4) is 0 Å². The molecule has 1 aliphatic carbocycles. The summed E-state index contributed by atoms with van der Waals surface area (Å²) in [6.07, 6.45) is -0.897. The average molecular weight is 307 g/mol. The molecule has 1 saturated carbocycles. The first-order valence-corrected chi connectivity index (χ1v) is 7.32. The minimum Gasteiger partial charge on any atom is -0.467 e. The van der Waals surface area contributed by atoms with Gasteiger partial charge in [-0.3, -0.25) is 4.90 Å². The van der Waals surface area contributed by atoms with Crippen LogP contribution in [-0.2, 0) is 20.9 Å². The summed E-state index contributed by atoms with van der Waals surface area (Å²) in [6, 6.07) is 8.11. The Kier molecular flexibility index (Phi) is 4.00. The van der Waals surface area contributed by atoms with E-state index < -0.39 is 30.2 Å². The number of amides is 1. The molecule has 3 rings (SSSR count). The van der Waals surface area contributed by atoms with E-state index in [0.717, 1.165) is 5.56 Å². The predicted molar refractivity (Wildman–Crippen MR) is 75.7 cm³/mol. The Morgan fingerprint density at radius 2 is 2.00 bits per heavy atom. The van der Waals surface area contributed by atoms with E-state index in [0.29, 0.717) is 6.42 Å². The summed E-state index contributed by atoms with van der Waals surface area (Å²) < 4.78 is 23.9. The van der Waals surface area contributed by atoms with Crippen molar-refractivity contribution in [3.8, 4) is 0 Å². The van der Waals surface area contributed by atoms with Gasteiger partial charge in [0.2, 0.25) is 0 Å². The fourth-order valence-electron chi connectivity index (χ4n) is 3.45. The zero-order valence-electron chi connectivity index (χ0n) is 12.3. The number of hydrogen-bond donors (Lipinski definition) is 0. The number of esters is 1. The summed E-state index contributed by atoms with van der Waals surface area (Å²) in [6.45, 7) is 0.126. The molecule has 1 aromatic carbocycles. The van der Waals surface area contributed by atoms with Crippen molar-refractivity contribution in [2.45, 2.75) is 37.7 Å². The highest BCUT2D eigenvalue weighted by Gasteiger charge is 2.57. The van der Waals surface area contributed by atoms with E-state index in [9.17, 15) is 14.0 Å². The largest absolute Gasteiger partial charge is 0.467 e. The van der Waals surface area contributed by atoms with Crippen molar-refractivity contribution in [3.05, 3.63) is 35.9 Å². The number of hydrogen-bond acceptors (Lipinski definition) is 4. The number of benzene rings is 1. The van der Waals surface area contributed by atoms with Crippen LogP contribution in [0, 0.1) is 5.92 Å². The van der Waals surface area contributed by atoms with Gasteiger partial charge in [-0.05, 0) is 18.4 Å². The molecule has 0 aromatic heterocycles. The molecule has 5 nitrogen and oxygen atoms in total. The third-order valence-electron chi connectivity index (χ3n) is 4.46. The van der Waals surface area contributed by atoms with Crippen molar-refractivity contribution in [1.29, 1.82) is 0 Å². The SMILES string of the molecule is COC(=O)[C@@H]1[C@@H]2C[C@H](CC2F)N1C(=O)OCc1ccccc1. The van der Waals surface area contributed by atoms with Crippen LogP contribution in [0.5, 0.6) is 0 Å². The normalized spacial score (nSPS) is 29.5.